The summed E-state index contributed by atoms with van der Waals surface area (Å²) in [5, 5.41) is 12.6. The molecule has 2 saturated heterocycles. The molecule has 2 aromatic rings. The number of para-hydroxylation sites is 1. The molecule has 0 aromatic heterocycles. The van der Waals surface area contributed by atoms with Gasteiger partial charge < -0.3 is 29.7 Å². The molecular weight excluding hydrogens is 678 g/mol. The number of rotatable bonds is 6. The number of carbonyl (C=O) groups is 4. The van der Waals surface area contributed by atoms with Crippen LogP contribution in [0, 0.1) is 25.7 Å². The summed E-state index contributed by atoms with van der Waals surface area (Å²) in [5.41, 5.74) is 1.79. The SMILES string of the molecule is Cc1cccc(C)c1N1C/C=C\CCC(=O)N[C@H](C)[C@@H](c2ccccc2)OC(=O)[C@@H]2[C@H]3O[C@@]4(C=C3Br)[C@H](C1=O)N(CCCCO)C(=O)[C@@H]24. The second-order valence-electron chi connectivity index (χ2n) is 13.1. The Balaban J connectivity index is 1.48. The molecule has 2 aromatic carbocycles. The van der Waals surface area contributed by atoms with Crippen molar-refractivity contribution in [2.45, 2.75) is 76.3 Å². The van der Waals surface area contributed by atoms with E-state index in [-0.39, 0.29) is 43.8 Å². The molecule has 0 radical (unpaired) electrons. The van der Waals surface area contributed by atoms with Gasteiger partial charge in [-0.1, -0.05) is 76.6 Å². The van der Waals surface area contributed by atoms with E-state index in [1.54, 1.807) is 22.8 Å². The number of esters is 1. The molecule has 6 rings (SSSR count). The number of amides is 3. The number of hydrogen-bond acceptors (Lipinski definition) is 7. The van der Waals surface area contributed by atoms with Gasteiger partial charge in [-0.3, -0.25) is 19.2 Å². The zero-order valence-electron chi connectivity index (χ0n) is 27.4. The third kappa shape index (κ3) is 6.01. The van der Waals surface area contributed by atoms with Crippen LogP contribution in [0.1, 0.15) is 55.4 Å². The molecule has 4 aliphatic rings. The molecule has 5 bridgehead atoms. The lowest BCUT2D eigenvalue weighted by atomic mass is 9.74. The van der Waals surface area contributed by atoms with Gasteiger partial charge in [0.1, 0.15) is 29.8 Å². The Morgan fingerprint density at radius 2 is 1.69 bits per heavy atom. The minimum atomic E-state index is -1.42. The number of likely N-dealkylation sites (tertiary alicyclic amines) is 1. The van der Waals surface area contributed by atoms with Crippen molar-refractivity contribution < 1.29 is 33.8 Å². The van der Waals surface area contributed by atoms with E-state index in [0.29, 0.717) is 29.3 Å². The Bertz CT molecular complexity index is 1620. The first-order chi connectivity index (χ1) is 23.1. The van der Waals surface area contributed by atoms with Crippen molar-refractivity contribution in [2.24, 2.45) is 11.8 Å². The minimum Gasteiger partial charge on any atom is -0.455 e. The number of benzene rings is 2. The van der Waals surface area contributed by atoms with E-state index in [4.69, 9.17) is 9.47 Å². The smallest absolute Gasteiger partial charge is 0.313 e. The minimum absolute atomic E-state index is 0.0525. The maximum absolute atomic E-state index is 15.1. The van der Waals surface area contributed by atoms with Gasteiger partial charge in [0.2, 0.25) is 11.8 Å². The van der Waals surface area contributed by atoms with Gasteiger partial charge in [0.15, 0.2) is 0 Å². The first-order valence-corrected chi connectivity index (χ1v) is 17.4. The van der Waals surface area contributed by atoms with E-state index >= 15 is 4.79 Å². The predicted molar refractivity (Wildman–Crippen MR) is 183 cm³/mol. The van der Waals surface area contributed by atoms with Crippen LogP contribution in [0.4, 0.5) is 5.69 Å². The molecule has 11 heteroatoms. The summed E-state index contributed by atoms with van der Waals surface area (Å²) in [5.74, 6) is -3.57. The molecule has 1 spiro atoms. The molecule has 254 valence electrons. The number of hydrogen-bond donors (Lipinski definition) is 2. The number of allylic oxidation sites excluding steroid dienone is 1. The highest BCUT2D eigenvalue weighted by atomic mass is 79.9. The van der Waals surface area contributed by atoms with E-state index in [1.807, 2.05) is 74.5 Å². The van der Waals surface area contributed by atoms with E-state index in [0.717, 1.165) is 16.8 Å². The molecular formula is C37H42BrN3O7. The molecule has 7 atom stereocenters. The Kier molecular flexibility index (Phi) is 9.92. The van der Waals surface area contributed by atoms with Crippen molar-refractivity contribution in [3.63, 3.8) is 0 Å². The van der Waals surface area contributed by atoms with Crippen molar-refractivity contribution in [3.05, 3.63) is 87.9 Å². The fourth-order valence-corrected chi connectivity index (χ4v) is 8.53. The first-order valence-electron chi connectivity index (χ1n) is 16.6. The number of nitrogens with one attached hydrogen (secondary N) is 1. The number of unbranched alkanes of at least 4 members (excludes halogenated alkanes) is 1. The highest BCUT2D eigenvalue weighted by Crippen LogP contribution is 2.59. The quantitative estimate of drug-likeness (QED) is 0.257. The van der Waals surface area contributed by atoms with Crippen molar-refractivity contribution in [1.29, 1.82) is 0 Å². The van der Waals surface area contributed by atoms with Gasteiger partial charge in [0.25, 0.3) is 5.91 Å². The summed E-state index contributed by atoms with van der Waals surface area (Å²) in [4.78, 5) is 60.2. The number of anilines is 1. The van der Waals surface area contributed by atoms with E-state index in [9.17, 15) is 19.5 Å². The highest BCUT2D eigenvalue weighted by molar-refractivity contribution is 9.11. The maximum Gasteiger partial charge on any atom is 0.313 e. The molecule has 0 aliphatic carbocycles. The Labute approximate surface area is 289 Å². The second-order valence-corrected chi connectivity index (χ2v) is 14.0. The van der Waals surface area contributed by atoms with Crippen LogP contribution >= 0.6 is 15.9 Å². The Morgan fingerprint density at radius 1 is 0.958 bits per heavy atom. The molecule has 3 amide bonds. The summed E-state index contributed by atoms with van der Waals surface area (Å²) in [6, 6.07) is 13.4. The number of aryl methyl sites for hydroxylation is 2. The van der Waals surface area contributed by atoms with Gasteiger partial charge in [0, 0.05) is 36.3 Å². The van der Waals surface area contributed by atoms with Crippen LogP contribution in [-0.4, -0.2) is 77.2 Å². The van der Waals surface area contributed by atoms with E-state index in [2.05, 4.69) is 21.2 Å². The Hall–Kier alpha value is -3.80. The molecule has 4 aliphatic heterocycles. The second kappa shape index (κ2) is 14.0. The first kappa shape index (κ1) is 34.1. The van der Waals surface area contributed by atoms with Crippen molar-refractivity contribution >= 4 is 45.3 Å². The highest BCUT2D eigenvalue weighted by Gasteiger charge is 2.75. The monoisotopic (exact) mass is 719 g/mol. The van der Waals surface area contributed by atoms with Crippen molar-refractivity contribution in [2.75, 3.05) is 24.6 Å². The Morgan fingerprint density at radius 3 is 2.40 bits per heavy atom. The van der Waals surface area contributed by atoms with Crippen LogP contribution in [0.25, 0.3) is 0 Å². The number of aliphatic hydroxyl groups is 1. The normalized spacial score (nSPS) is 31.4. The molecule has 48 heavy (non-hydrogen) atoms. The van der Waals surface area contributed by atoms with Gasteiger partial charge in [-0.25, -0.2) is 0 Å². The predicted octanol–water partition coefficient (Wildman–Crippen LogP) is 4.42. The number of ether oxygens (including phenoxy) is 2. The van der Waals surface area contributed by atoms with Crippen LogP contribution in [0.5, 0.6) is 0 Å². The topological polar surface area (TPSA) is 125 Å². The van der Waals surface area contributed by atoms with E-state index in [1.165, 1.54) is 0 Å². The average molecular weight is 721 g/mol. The van der Waals surface area contributed by atoms with Crippen LogP contribution < -0.4 is 10.2 Å². The summed E-state index contributed by atoms with van der Waals surface area (Å²) < 4.78 is 13.5. The summed E-state index contributed by atoms with van der Waals surface area (Å²) in [6.07, 6.45) is 5.46. The number of cyclic esters (lactones) is 1. The maximum atomic E-state index is 15.1. The lowest BCUT2D eigenvalue weighted by Crippen LogP contribution is -2.56. The lowest BCUT2D eigenvalue weighted by molar-refractivity contribution is -0.161. The van der Waals surface area contributed by atoms with Gasteiger partial charge >= 0.3 is 5.97 Å². The standard InChI is InChI=1S/C37H42BrN3O7/c1-22-13-12-14-23(2)30(22)40-18-9-5-8-17-27(43)39-24(3)31(25-15-6-4-7-16-25)47-36(46)28-29-34(44)41(19-10-11-20-42)33(35(40)45)37(29)21-26(38)32(28)48-37/h4-7,9,12-16,21,24,28-29,31-33,42H,8,10-11,17-20H2,1-3H3,(H,39,43)/b9-5-/t24-,28+,29-,31+,32+,33+,37-/m1/s1. The number of nitrogens with zero attached hydrogens (tertiary/aromatic N) is 2. The van der Waals surface area contributed by atoms with Crippen LogP contribution in [0.2, 0.25) is 0 Å². The summed E-state index contributed by atoms with van der Waals surface area (Å²) in [6.45, 7) is 6.04. The lowest BCUT2D eigenvalue weighted by Gasteiger charge is -2.36. The fourth-order valence-electron chi connectivity index (χ4n) is 7.79. The van der Waals surface area contributed by atoms with Gasteiger partial charge in [-0.2, -0.15) is 0 Å². The van der Waals surface area contributed by atoms with Crippen LogP contribution in [0.15, 0.2) is 71.2 Å². The zero-order valence-corrected chi connectivity index (χ0v) is 29.0. The summed E-state index contributed by atoms with van der Waals surface area (Å²) in [7, 11) is 0. The van der Waals surface area contributed by atoms with Gasteiger partial charge in [-0.05, 0) is 62.8 Å². The molecule has 10 nitrogen and oxygen atoms in total. The number of carbonyl (C=O) groups excluding carboxylic acids is 4. The fraction of sp³-hybridized carbons (Fsp3) is 0.459. The third-order valence-electron chi connectivity index (χ3n) is 9.92. The number of fused-ring (bicyclic) bond motifs is 2. The molecule has 4 heterocycles. The van der Waals surface area contributed by atoms with Crippen LogP contribution in [-0.2, 0) is 28.7 Å². The van der Waals surface area contributed by atoms with Crippen molar-refractivity contribution in [3.8, 4) is 0 Å². The molecule has 2 fully saturated rings. The number of halogens is 1. The van der Waals surface area contributed by atoms with Crippen molar-refractivity contribution in [1.82, 2.24) is 10.2 Å². The third-order valence-corrected chi connectivity index (χ3v) is 10.6. The van der Waals surface area contributed by atoms with Gasteiger partial charge in [-0.15, -0.1) is 0 Å². The largest absolute Gasteiger partial charge is 0.455 e. The summed E-state index contributed by atoms with van der Waals surface area (Å²) >= 11 is 3.62. The zero-order chi connectivity index (χ0) is 34.2. The molecule has 0 unspecified atom stereocenters. The average Bonchev–Trinajstić information content (AvgIpc) is 3.65. The molecule has 0 saturated carbocycles. The van der Waals surface area contributed by atoms with Gasteiger partial charge in [0.05, 0.1) is 12.0 Å². The van der Waals surface area contributed by atoms with E-state index < -0.39 is 47.7 Å². The molecule has 2 N–H and O–H groups in total. The number of aliphatic hydroxyl groups excluding tert-OH is 1. The van der Waals surface area contributed by atoms with Crippen LogP contribution in [0.3, 0.4) is 0 Å².